The van der Waals surface area contributed by atoms with Crippen molar-refractivity contribution in [3.63, 3.8) is 0 Å². The molecule has 1 aromatic carbocycles. The first-order valence-corrected chi connectivity index (χ1v) is 4.01. The third kappa shape index (κ3) is 2.35. The largest absolute Gasteiger partial charge is 0.416 e. The summed E-state index contributed by atoms with van der Waals surface area (Å²) in [6.07, 6.45) is -4.36. The molecule has 0 heterocycles. The van der Waals surface area contributed by atoms with Crippen molar-refractivity contribution in [3.8, 4) is 0 Å². The van der Waals surface area contributed by atoms with Crippen LogP contribution in [0.15, 0.2) is 22.7 Å². The average Bonchev–Trinajstić information content (AvgIpc) is 2.02. The second kappa shape index (κ2) is 3.55. The van der Waals surface area contributed by atoms with Gasteiger partial charge in [0.05, 0.1) is 11.3 Å². The molecule has 0 aliphatic heterocycles. The Bertz CT molecular complexity index is 313. The smallest absolute Gasteiger partial charge is 0.291 e. The molecule has 13 heavy (non-hydrogen) atoms. The van der Waals surface area contributed by atoms with E-state index in [-0.39, 0.29) is 10.2 Å². The van der Waals surface area contributed by atoms with Crippen molar-refractivity contribution in [1.29, 1.82) is 0 Å². The van der Waals surface area contributed by atoms with Gasteiger partial charge in [-0.25, -0.2) is 0 Å². The number of anilines is 1. The lowest BCUT2D eigenvalue weighted by Crippen LogP contribution is -2.05. The summed E-state index contributed by atoms with van der Waals surface area (Å²) >= 11 is 2.88. The predicted octanol–water partition coefficient (Wildman–Crippen LogP) is 3.27. The Morgan fingerprint density at radius 1 is 1.31 bits per heavy atom. The Hall–Kier alpha value is -0.750. The Morgan fingerprint density at radius 3 is 2.31 bits per heavy atom. The minimum Gasteiger partial charge on any atom is -0.291 e. The summed E-state index contributed by atoms with van der Waals surface area (Å²) in [6.45, 7) is 0. The molecule has 0 radical (unpaired) electrons. The molecular weight excluding hydrogens is 251 g/mol. The number of rotatable bonds is 1. The molecule has 0 unspecified atom stereocenters. The van der Waals surface area contributed by atoms with Crippen molar-refractivity contribution in [3.05, 3.63) is 28.2 Å². The van der Waals surface area contributed by atoms with Gasteiger partial charge in [0.15, 0.2) is 0 Å². The summed E-state index contributed by atoms with van der Waals surface area (Å²) in [7, 11) is 0. The topological polar surface area (TPSA) is 32.3 Å². The molecule has 0 aromatic heterocycles. The van der Waals surface area contributed by atoms with Crippen molar-refractivity contribution in [1.82, 2.24) is 0 Å². The van der Waals surface area contributed by atoms with Crippen LogP contribution in [0.1, 0.15) is 5.56 Å². The molecule has 2 nitrogen and oxygen atoms in total. The second-order valence-corrected chi connectivity index (χ2v) is 3.16. The number of halogens is 4. The van der Waals surface area contributed by atoms with Crippen molar-refractivity contribution in [2.75, 3.05) is 5.48 Å². The maximum absolute atomic E-state index is 12.1. The van der Waals surface area contributed by atoms with E-state index in [1.54, 1.807) is 5.48 Å². The molecule has 0 spiro atoms. The van der Waals surface area contributed by atoms with E-state index < -0.39 is 11.7 Å². The van der Waals surface area contributed by atoms with E-state index in [1.807, 2.05) is 0 Å². The third-order valence-corrected chi connectivity index (χ3v) is 2.07. The van der Waals surface area contributed by atoms with Gasteiger partial charge in [0.1, 0.15) is 0 Å². The van der Waals surface area contributed by atoms with E-state index >= 15 is 0 Å². The highest BCUT2D eigenvalue weighted by Crippen LogP contribution is 2.33. The Labute approximate surface area is 80.5 Å². The zero-order valence-electron chi connectivity index (χ0n) is 6.19. The van der Waals surface area contributed by atoms with Crippen molar-refractivity contribution in [2.24, 2.45) is 0 Å². The van der Waals surface area contributed by atoms with E-state index in [0.717, 1.165) is 18.2 Å². The minimum absolute atomic E-state index is 0.157. The quantitative estimate of drug-likeness (QED) is 0.756. The van der Waals surface area contributed by atoms with Gasteiger partial charge in [-0.15, -0.1) is 0 Å². The van der Waals surface area contributed by atoms with Crippen LogP contribution < -0.4 is 5.48 Å². The number of hydrogen-bond acceptors (Lipinski definition) is 2. The van der Waals surface area contributed by atoms with Crippen LogP contribution in [-0.2, 0) is 6.18 Å². The molecule has 0 aliphatic carbocycles. The van der Waals surface area contributed by atoms with Crippen LogP contribution in [0.2, 0.25) is 0 Å². The fraction of sp³-hybridized carbons (Fsp3) is 0.143. The fourth-order valence-corrected chi connectivity index (χ4v) is 1.25. The summed E-state index contributed by atoms with van der Waals surface area (Å²) in [5.74, 6) is 0. The van der Waals surface area contributed by atoms with Gasteiger partial charge in [-0.1, -0.05) is 0 Å². The molecular formula is C7H5BrF3NO. The highest BCUT2D eigenvalue weighted by Gasteiger charge is 2.30. The maximum Gasteiger partial charge on any atom is 0.416 e. The first-order chi connectivity index (χ1) is 5.95. The molecule has 6 heteroatoms. The van der Waals surface area contributed by atoms with Crippen LogP contribution in [0.4, 0.5) is 18.9 Å². The predicted molar refractivity (Wildman–Crippen MR) is 44.6 cm³/mol. The lowest BCUT2D eigenvalue weighted by Gasteiger charge is -2.08. The van der Waals surface area contributed by atoms with Gasteiger partial charge in [0, 0.05) is 4.47 Å². The SMILES string of the molecule is ONc1ccc(C(F)(F)F)cc1Br. The second-order valence-electron chi connectivity index (χ2n) is 2.30. The lowest BCUT2D eigenvalue weighted by atomic mass is 10.2. The molecule has 0 saturated carbocycles. The van der Waals surface area contributed by atoms with Gasteiger partial charge in [-0.2, -0.15) is 13.2 Å². The summed E-state index contributed by atoms with van der Waals surface area (Å²) in [4.78, 5) is 0. The van der Waals surface area contributed by atoms with E-state index in [0.29, 0.717) is 0 Å². The van der Waals surface area contributed by atoms with Crippen LogP contribution in [0.25, 0.3) is 0 Å². The van der Waals surface area contributed by atoms with E-state index in [1.165, 1.54) is 0 Å². The normalized spacial score (nSPS) is 11.5. The highest BCUT2D eigenvalue weighted by molar-refractivity contribution is 9.10. The van der Waals surface area contributed by atoms with Gasteiger partial charge in [0.25, 0.3) is 0 Å². The standard InChI is InChI=1S/C7H5BrF3NO/c8-5-3-4(7(9,10)11)1-2-6(5)12-13/h1-3,12-13H. The highest BCUT2D eigenvalue weighted by atomic mass is 79.9. The molecule has 0 amide bonds. The fourth-order valence-electron chi connectivity index (χ4n) is 0.782. The molecule has 2 N–H and O–H groups in total. The monoisotopic (exact) mass is 255 g/mol. The molecule has 72 valence electrons. The zero-order chi connectivity index (χ0) is 10.1. The average molecular weight is 256 g/mol. The zero-order valence-corrected chi connectivity index (χ0v) is 7.78. The van der Waals surface area contributed by atoms with E-state index in [4.69, 9.17) is 5.21 Å². The first-order valence-electron chi connectivity index (χ1n) is 3.22. The Balaban J connectivity index is 3.10. The molecule has 0 aliphatic rings. The minimum atomic E-state index is -4.36. The number of alkyl halides is 3. The van der Waals surface area contributed by atoms with Crippen LogP contribution in [0.3, 0.4) is 0 Å². The molecule has 1 rings (SSSR count). The molecule has 1 aromatic rings. The van der Waals surface area contributed by atoms with Crippen molar-refractivity contribution >= 4 is 21.6 Å². The third-order valence-electron chi connectivity index (χ3n) is 1.42. The van der Waals surface area contributed by atoms with Crippen LogP contribution in [-0.4, -0.2) is 5.21 Å². The Kier molecular flexibility index (Phi) is 2.82. The summed E-state index contributed by atoms with van der Waals surface area (Å²) < 4.78 is 36.5. The number of nitrogens with one attached hydrogen (secondary N) is 1. The summed E-state index contributed by atoms with van der Waals surface area (Å²) in [5.41, 5.74) is 1.18. The van der Waals surface area contributed by atoms with Gasteiger partial charge >= 0.3 is 6.18 Å². The van der Waals surface area contributed by atoms with Crippen molar-refractivity contribution in [2.45, 2.75) is 6.18 Å². The Morgan fingerprint density at radius 2 is 1.92 bits per heavy atom. The lowest BCUT2D eigenvalue weighted by molar-refractivity contribution is -0.137. The molecule has 0 saturated heterocycles. The number of hydrogen-bond donors (Lipinski definition) is 2. The van der Waals surface area contributed by atoms with Crippen LogP contribution >= 0.6 is 15.9 Å². The van der Waals surface area contributed by atoms with Gasteiger partial charge in [-0.3, -0.25) is 10.7 Å². The molecule has 0 fully saturated rings. The van der Waals surface area contributed by atoms with Gasteiger partial charge in [0.2, 0.25) is 0 Å². The maximum atomic E-state index is 12.1. The van der Waals surface area contributed by atoms with E-state index in [9.17, 15) is 13.2 Å². The van der Waals surface area contributed by atoms with Crippen molar-refractivity contribution < 1.29 is 18.4 Å². The molecule has 0 atom stereocenters. The summed E-state index contributed by atoms with van der Waals surface area (Å²) in [6, 6.07) is 2.90. The molecule has 0 bridgehead atoms. The van der Waals surface area contributed by atoms with Gasteiger partial charge in [-0.05, 0) is 34.1 Å². The first kappa shape index (κ1) is 10.3. The van der Waals surface area contributed by atoms with E-state index in [2.05, 4.69) is 15.9 Å². The number of benzene rings is 1. The van der Waals surface area contributed by atoms with Crippen LogP contribution in [0.5, 0.6) is 0 Å². The van der Waals surface area contributed by atoms with Crippen LogP contribution in [0, 0.1) is 0 Å². The summed E-state index contributed by atoms with van der Waals surface area (Å²) in [5, 5.41) is 8.45. The van der Waals surface area contributed by atoms with Gasteiger partial charge < -0.3 is 0 Å².